The number of carbonyl (C=O) groups is 1. The summed E-state index contributed by atoms with van der Waals surface area (Å²) in [5.41, 5.74) is 1.51. The van der Waals surface area contributed by atoms with Gasteiger partial charge in [-0.05, 0) is 48.1 Å². The van der Waals surface area contributed by atoms with Crippen molar-refractivity contribution in [3.05, 3.63) is 71.0 Å². The van der Waals surface area contributed by atoms with Gasteiger partial charge in [-0.25, -0.2) is 4.98 Å². The molecule has 4 rings (SSSR count). The van der Waals surface area contributed by atoms with Crippen molar-refractivity contribution < 1.29 is 4.79 Å². The highest BCUT2D eigenvalue weighted by molar-refractivity contribution is 5.77. The second-order valence-electron chi connectivity index (χ2n) is 8.06. The Morgan fingerprint density at radius 3 is 2.62 bits per heavy atom. The van der Waals surface area contributed by atoms with Crippen molar-refractivity contribution >= 4 is 16.8 Å². The first-order chi connectivity index (χ1) is 14.2. The Hall–Kier alpha value is -3.02. The highest BCUT2D eigenvalue weighted by Gasteiger charge is 2.35. The summed E-state index contributed by atoms with van der Waals surface area (Å²) >= 11 is 0. The number of nitrogens with zero attached hydrogens (tertiary/aromatic N) is 3. The molecule has 0 saturated heterocycles. The largest absolute Gasteiger partial charge is 0.352 e. The molecule has 150 valence electrons. The van der Waals surface area contributed by atoms with Gasteiger partial charge in [0.2, 0.25) is 5.91 Å². The number of benzene rings is 1. The molecule has 0 aliphatic heterocycles. The van der Waals surface area contributed by atoms with Crippen LogP contribution in [-0.2, 0) is 17.9 Å². The third kappa shape index (κ3) is 4.53. The van der Waals surface area contributed by atoms with Gasteiger partial charge < -0.3 is 5.32 Å². The first kappa shape index (κ1) is 19.3. The number of pyridine rings is 1. The third-order valence-corrected chi connectivity index (χ3v) is 5.93. The molecule has 1 N–H and O–H groups in total. The second kappa shape index (κ2) is 8.55. The Kier molecular flexibility index (Phi) is 5.69. The molecule has 0 radical (unpaired) electrons. The molecule has 6 nitrogen and oxygen atoms in total. The smallest absolute Gasteiger partial charge is 0.261 e. The molecule has 29 heavy (non-hydrogen) atoms. The van der Waals surface area contributed by atoms with Crippen molar-refractivity contribution in [2.24, 2.45) is 5.41 Å². The van der Waals surface area contributed by atoms with Gasteiger partial charge in [0.05, 0.1) is 17.2 Å². The van der Waals surface area contributed by atoms with Crippen molar-refractivity contribution in [3.8, 4) is 0 Å². The topological polar surface area (TPSA) is 76.9 Å². The minimum atomic E-state index is -0.200. The normalized spacial score (nSPS) is 15.9. The Balaban J connectivity index is 1.52. The van der Waals surface area contributed by atoms with E-state index in [0.717, 1.165) is 31.2 Å². The highest BCUT2D eigenvalue weighted by atomic mass is 16.1. The second-order valence-corrected chi connectivity index (χ2v) is 8.06. The first-order valence-electron chi connectivity index (χ1n) is 10.3. The first-order valence-corrected chi connectivity index (χ1v) is 10.3. The van der Waals surface area contributed by atoms with Crippen molar-refractivity contribution in [3.63, 3.8) is 0 Å². The lowest BCUT2D eigenvalue weighted by atomic mass is 9.71. The van der Waals surface area contributed by atoms with Gasteiger partial charge in [0.15, 0.2) is 0 Å². The molecule has 1 saturated carbocycles. The quantitative estimate of drug-likeness (QED) is 0.699. The summed E-state index contributed by atoms with van der Waals surface area (Å²) in [4.78, 5) is 34.2. The fraction of sp³-hybridized carbons (Fsp3) is 0.391. The fourth-order valence-corrected chi connectivity index (χ4v) is 4.38. The molecule has 0 spiro atoms. The number of hydrogen-bond acceptors (Lipinski definition) is 4. The van der Waals surface area contributed by atoms with Crippen molar-refractivity contribution in [2.75, 3.05) is 0 Å². The van der Waals surface area contributed by atoms with Crippen LogP contribution < -0.4 is 10.9 Å². The molecule has 0 unspecified atom stereocenters. The maximum Gasteiger partial charge on any atom is 0.261 e. The molecule has 1 aliphatic carbocycles. The monoisotopic (exact) mass is 390 g/mol. The minimum absolute atomic E-state index is 0.0299. The highest BCUT2D eigenvalue weighted by Crippen LogP contribution is 2.40. The number of hydrogen-bond donors (Lipinski definition) is 1. The lowest BCUT2D eigenvalue weighted by Crippen LogP contribution is -2.38. The predicted octanol–water partition coefficient (Wildman–Crippen LogP) is 3.45. The third-order valence-electron chi connectivity index (χ3n) is 5.93. The van der Waals surface area contributed by atoms with Gasteiger partial charge in [-0.2, -0.15) is 0 Å². The van der Waals surface area contributed by atoms with E-state index in [1.165, 1.54) is 6.42 Å². The Bertz CT molecular complexity index is 1040. The zero-order valence-electron chi connectivity index (χ0n) is 16.5. The average Bonchev–Trinajstić information content (AvgIpc) is 2.76. The van der Waals surface area contributed by atoms with Crippen LogP contribution in [0.15, 0.2) is 59.9 Å². The number of aromatic nitrogens is 3. The number of para-hydroxylation sites is 1. The van der Waals surface area contributed by atoms with E-state index in [9.17, 15) is 9.59 Å². The molecule has 6 heteroatoms. The molecule has 2 aromatic heterocycles. The van der Waals surface area contributed by atoms with Crippen LogP contribution in [0.4, 0.5) is 0 Å². The lowest BCUT2D eigenvalue weighted by Gasteiger charge is -2.37. The predicted molar refractivity (Wildman–Crippen MR) is 112 cm³/mol. The summed E-state index contributed by atoms with van der Waals surface area (Å²) in [5, 5.41) is 3.66. The Morgan fingerprint density at radius 2 is 1.83 bits per heavy atom. The molecule has 3 aromatic rings. The van der Waals surface area contributed by atoms with Crippen LogP contribution in [0.1, 0.15) is 44.1 Å². The van der Waals surface area contributed by atoms with Crippen molar-refractivity contribution in [2.45, 2.75) is 51.6 Å². The van der Waals surface area contributed by atoms with Crippen LogP contribution in [0, 0.1) is 5.41 Å². The van der Waals surface area contributed by atoms with Crippen LogP contribution in [-0.4, -0.2) is 20.4 Å². The van der Waals surface area contributed by atoms with E-state index in [1.54, 1.807) is 23.3 Å². The van der Waals surface area contributed by atoms with Crippen molar-refractivity contribution in [1.82, 2.24) is 19.9 Å². The molecule has 0 atom stereocenters. The molecule has 2 heterocycles. The van der Waals surface area contributed by atoms with Crippen LogP contribution in [0.2, 0.25) is 0 Å². The number of carbonyl (C=O) groups excluding carboxylic acids is 1. The minimum Gasteiger partial charge on any atom is -0.352 e. The van der Waals surface area contributed by atoms with Crippen molar-refractivity contribution in [1.29, 1.82) is 0 Å². The Labute approximate surface area is 170 Å². The summed E-state index contributed by atoms with van der Waals surface area (Å²) in [7, 11) is 0. The molecule has 1 fully saturated rings. The number of nitrogens with one attached hydrogen (secondary N) is 1. The summed E-state index contributed by atoms with van der Waals surface area (Å²) in [6.07, 6.45) is 10.8. The van der Waals surface area contributed by atoms with E-state index < -0.39 is 0 Å². The van der Waals surface area contributed by atoms with Gasteiger partial charge in [-0.1, -0.05) is 31.4 Å². The summed E-state index contributed by atoms with van der Waals surface area (Å²) in [5.74, 6) is 0.0329. The standard InChI is InChI=1S/C23H26N4O2/c28-21(25-15-18-8-12-24-13-9-18)14-23(10-4-1-5-11-23)16-27-17-26-20-7-3-2-6-19(20)22(27)29/h2-3,6-9,12-13,17H,1,4-5,10-11,14-16H2,(H,25,28). The maximum atomic E-state index is 13.0. The number of fused-ring (bicyclic) bond motifs is 1. The number of amides is 1. The molecule has 1 aromatic carbocycles. The van der Waals surface area contributed by atoms with Gasteiger partial charge in [0, 0.05) is 31.9 Å². The molecule has 0 bridgehead atoms. The van der Waals surface area contributed by atoms with E-state index in [0.29, 0.717) is 30.4 Å². The van der Waals surface area contributed by atoms with E-state index in [4.69, 9.17) is 0 Å². The molecule has 1 aliphatic rings. The zero-order chi connectivity index (χ0) is 20.1. The van der Waals surface area contributed by atoms with Crippen LogP contribution in [0.5, 0.6) is 0 Å². The zero-order valence-corrected chi connectivity index (χ0v) is 16.5. The van der Waals surface area contributed by atoms with Gasteiger partial charge in [-0.3, -0.25) is 19.1 Å². The van der Waals surface area contributed by atoms with Crippen LogP contribution in [0.3, 0.4) is 0 Å². The van der Waals surface area contributed by atoms with Gasteiger partial charge in [0.1, 0.15) is 0 Å². The van der Waals surface area contributed by atoms with Gasteiger partial charge in [0.25, 0.3) is 5.56 Å². The average molecular weight is 390 g/mol. The summed E-state index contributed by atoms with van der Waals surface area (Å²) in [6, 6.07) is 11.2. The van der Waals surface area contributed by atoms with E-state index in [1.807, 2.05) is 36.4 Å². The van der Waals surface area contributed by atoms with Crippen LogP contribution in [0.25, 0.3) is 10.9 Å². The fourth-order valence-electron chi connectivity index (χ4n) is 4.38. The van der Waals surface area contributed by atoms with Gasteiger partial charge >= 0.3 is 0 Å². The van der Waals surface area contributed by atoms with E-state index >= 15 is 0 Å². The van der Waals surface area contributed by atoms with E-state index in [-0.39, 0.29) is 16.9 Å². The van der Waals surface area contributed by atoms with Crippen LogP contribution >= 0.6 is 0 Å². The summed E-state index contributed by atoms with van der Waals surface area (Å²) in [6.45, 7) is 1.03. The molecule has 1 amide bonds. The number of rotatable bonds is 6. The molecular weight excluding hydrogens is 364 g/mol. The molecular formula is C23H26N4O2. The van der Waals surface area contributed by atoms with Gasteiger partial charge in [-0.15, -0.1) is 0 Å². The summed E-state index contributed by atoms with van der Waals surface area (Å²) < 4.78 is 1.70. The van der Waals surface area contributed by atoms with E-state index in [2.05, 4.69) is 15.3 Å². The SMILES string of the molecule is O=C(CC1(Cn2cnc3ccccc3c2=O)CCCCC1)NCc1ccncc1. The maximum absolute atomic E-state index is 13.0. The Morgan fingerprint density at radius 1 is 1.07 bits per heavy atom. The lowest BCUT2D eigenvalue weighted by molar-refractivity contribution is -0.124.